The van der Waals surface area contributed by atoms with Crippen LogP contribution in [0, 0.1) is 5.92 Å². The summed E-state index contributed by atoms with van der Waals surface area (Å²) < 4.78 is 30.8. The molecule has 0 amide bonds. The molecule has 6 heteroatoms. The average molecular weight is 330 g/mol. The van der Waals surface area contributed by atoms with E-state index in [1.54, 1.807) is 0 Å². The van der Waals surface area contributed by atoms with E-state index in [-0.39, 0.29) is 0 Å². The molecule has 0 aromatic carbocycles. The summed E-state index contributed by atoms with van der Waals surface area (Å²) in [6, 6.07) is 0. The van der Waals surface area contributed by atoms with Gasteiger partial charge < -0.3 is 4.74 Å². The van der Waals surface area contributed by atoms with Crippen molar-refractivity contribution in [2.24, 2.45) is 5.92 Å². The molecular formula is C16H24F2N2OS. The molecule has 0 N–H and O–H groups in total. The number of hydrogen-bond donors (Lipinski definition) is 0. The van der Waals surface area contributed by atoms with E-state index >= 15 is 0 Å². The zero-order chi connectivity index (χ0) is 15.6. The van der Waals surface area contributed by atoms with Crippen molar-refractivity contribution < 1.29 is 13.5 Å². The molecule has 1 aliphatic carbocycles. The van der Waals surface area contributed by atoms with Gasteiger partial charge in [0.25, 0.3) is 11.1 Å². The summed E-state index contributed by atoms with van der Waals surface area (Å²) in [7, 11) is 0. The normalized spacial score (nSPS) is 20.3. The van der Waals surface area contributed by atoms with Gasteiger partial charge in [-0.3, -0.25) is 4.90 Å². The SMILES string of the molecule is CC(F)(F)COc1nc2c(s1)CCN(CCC1CCCC1)C2. The van der Waals surface area contributed by atoms with Gasteiger partial charge in [0.1, 0.15) is 0 Å². The van der Waals surface area contributed by atoms with Gasteiger partial charge in [-0.15, -0.1) is 0 Å². The van der Waals surface area contributed by atoms with Crippen molar-refractivity contribution in [1.29, 1.82) is 0 Å². The predicted octanol–water partition coefficient (Wildman–Crippen LogP) is 4.12. The third-order valence-corrected chi connectivity index (χ3v) is 5.63. The third kappa shape index (κ3) is 4.38. The van der Waals surface area contributed by atoms with Crippen LogP contribution in [0.3, 0.4) is 0 Å². The van der Waals surface area contributed by atoms with Crippen molar-refractivity contribution in [3.63, 3.8) is 0 Å². The molecule has 1 aliphatic heterocycles. The summed E-state index contributed by atoms with van der Waals surface area (Å²) in [6.07, 6.45) is 7.81. The molecule has 0 bridgehead atoms. The maximum absolute atomic E-state index is 12.8. The molecular weight excluding hydrogens is 306 g/mol. The molecule has 1 fully saturated rings. The standard InChI is InChI=1S/C16H24F2N2OS/c1-16(17,18)11-21-15-19-13-10-20(9-7-14(13)22-15)8-6-12-4-2-3-5-12/h12H,2-11H2,1H3. The second kappa shape index (κ2) is 6.79. The highest BCUT2D eigenvalue weighted by molar-refractivity contribution is 7.13. The first-order chi connectivity index (χ1) is 10.5. The molecule has 2 aliphatic rings. The van der Waals surface area contributed by atoms with Gasteiger partial charge in [0.15, 0.2) is 6.61 Å². The summed E-state index contributed by atoms with van der Waals surface area (Å²) in [5.74, 6) is -1.90. The Morgan fingerprint density at radius 1 is 1.36 bits per heavy atom. The van der Waals surface area contributed by atoms with Crippen LogP contribution in [0.1, 0.15) is 49.6 Å². The van der Waals surface area contributed by atoms with E-state index in [1.165, 1.54) is 48.3 Å². The zero-order valence-electron chi connectivity index (χ0n) is 13.1. The molecule has 0 radical (unpaired) electrons. The largest absolute Gasteiger partial charge is 0.464 e. The van der Waals surface area contributed by atoms with Crippen molar-refractivity contribution in [2.75, 3.05) is 19.7 Å². The van der Waals surface area contributed by atoms with E-state index in [9.17, 15) is 8.78 Å². The topological polar surface area (TPSA) is 25.4 Å². The molecule has 1 saturated carbocycles. The van der Waals surface area contributed by atoms with Gasteiger partial charge in [0, 0.05) is 24.9 Å². The lowest BCUT2D eigenvalue weighted by atomic mass is 10.0. The fourth-order valence-corrected chi connectivity index (χ4v) is 4.24. The lowest BCUT2D eigenvalue weighted by molar-refractivity contribution is -0.0230. The number of halogens is 2. The number of thiazole rings is 1. The molecule has 124 valence electrons. The minimum Gasteiger partial charge on any atom is -0.464 e. The van der Waals surface area contributed by atoms with E-state index in [0.717, 1.165) is 44.6 Å². The van der Waals surface area contributed by atoms with Crippen LogP contribution in [0.4, 0.5) is 8.78 Å². The van der Waals surface area contributed by atoms with Gasteiger partial charge in [-0.05, 0) is 25.3 Å². The Balaban J connectivity index is 1.50. The third-order valence-electron chi connectivity index (χ3n) is 4.56. The maximum Gasteiger partial charge on any atom is 0.278 e. The molecule has 0 unspecified atom stereocenters. The highest BCUT2D eigenvalue weighted by atomic mass is 32.1. The minimum atomic E-state index is -2.81. The molecule has 1 aromatic rings. The Hall–Kier alpha value is -0.750. The van der Waals surface area contributed by atoms with E-state index in [2.05, 4.69) is 9.88 Å². The van der Waals surface area contributed by atoms with Crippen LogP contribution < -0.4 is 4.74 Å². The lowest BCUT2D eigenvalue weighted by Gasteiger charge is -2.26. The predicted molar refractivity (Wildman–Crippen MR) is 83.8 cm³/mol. The Morgan fingerprint density at radius 3 is 2.86 bits per heavy atom. The van der Waals surface area contributed by atoms with Crippen LogP contribution in [-0.2, 0) is 13.0 Å². The van der Waals surface area contributed by atoms with Crippen molar-refractivity contribution in [1.82, 2.24) is 9.88 Å². The quantitative estimate of drug-likeness (QED) is 0.785. The van der Waals surface area contributed by atoms with Crippen molar-refractivity contribution >= 4 is 11.3 Å². The van der Waals surface area contributed by atoms with Crippen molar-refractivity contribution in [3.05, 3.63) is 10.6 Å². The van der Waals surface area contributed by atoms with Crippen molar-refractivity contribution in [3.8, 4) is 5.19 Å². The van der Waals surface area contributed by atoms with E-state index in [1.807, 2.05) is 0 Å². The molecule has 2 heterocycles. The first kappa shape index (κ1) is 16.1. The molecule has 0 spiro atoms. The monoisotopic (exact) mass is 330 g/mol. The van der Waals surface area contributed by atoms with Crippen LogP contribution in [0.25, 0.3) is 0 Å². The lowest BCUT2D eigenvalue weighted by Crippen LogP contribution is -2.31. The highest BCUT2D eigenvalue weighted by Crippen LogP contribution is 2.32. The summed E-state index contributed by atoms with van der Waals surface area (Å²) in [5.41, 5.74) is 1.03. The second-order valence-corrected chi connectivity index (χ2v) is 7.72. The molecule has 3 rings (SSSR count). The number of hydrogen-bond acceptors (Lipinski definition) is 4. The fraction of sp³-hybridized carbons (Fsp3) is 0.812. The second-order valence-electron chi connectivity index (χ2n) is 6.67. The van der Waals surface area contributed by atoms with E-state index < -0.39 is 12.5 Å². The highest BCUT2D eigenvalue weighted by Gasteiger charge is 2.26. The van der Waals surface area contributed by atoms with Crippen LogP contribution in [0.5, 0.6) is 5.19 Å². The van der Waals surface area contributed by atoms with Crippen LogP contribution in [0.2, 0.25) is 0 Å². The van der Waals surface area contributed by atoms with E-state index in [4.69, 9.17) is 4.74 Å². The number of rotatable bonds is 6. The summed E-state index contributed by atoms with van der Waals surface area (Å²) in [5, 5.41) is 0.393. The molecule has 0 saturated heterocycles. The fourth-order valence-electron chi connectivity index (χ4n) is 3.33. The first-order valence-electron chi connectivity index (χ1n) is 8.21. The molecule has 22 heavy (non-hydrogen) atoms. The van der Waals surface area contributed by atoms with Crippen LogP contribution >= 0.6 is 11.3 Å². The first-order valence-corrected chi connectivity index (χ1v) is 9.03. The van der Waals surface area contributed by atoms with Gasteiger partial charge in [-0.25, -0.2) is 13.8 Å². The van der Waals surface area contributed by atoms with Gasteiger partial charge in [0.05, 0.1) is 5.69 Å². The van der Waals surface area contributed by atoms with Gasteiger partial charge in [0.2, 0.25) is 0 Å². The molecule has 1 aromatic heterocycles. The van der Waals surface area contributed by atoms with Crippen LogP contribution in [0.15, 0.2) is 0 Å². The number of ether oxygens (including phenoxy) is 1. The minimum absolute atomic E-state index is 0.393. The number of fused-ring (bicyclic) bond motifs is 1. The zero-order valence-corrected chi connectivity index (χ0v) is 13.9. The van der Waals surface area contributed by atoms with Crippen LogP contribution in [-0.4, -0.2) is 35.5 Å². The van der Waals surface area contributed by atoms with Gasteiger partial charge in [-0.1, -0.05) is 37.0 Å². The molecule has 0 atom stereocenters. The Morgan fingerprint density at radius 2 is 2.14 bits per heavy atom. The number of alkyl halides is 2. The number of nitrogens with zero attached hydrogens (tertiary/aromatic N) is 2. The summed E-state index contributed by atoms with van der Waals surface area (Å²) in [4.78, 5) is 8.05. The Kier molecular flexibility index (Phi) is 4.97. The van der Waals surface area contributed by atoms with Crippen molar-refractivity contribution in [2.45, 2.75) is 57.9 Å². The van der Waals surface area contributed by atoms with Gasteiger partial charge >= 0.3 is 0 Å². The number of aromatic nitrogens is 1. The summed E-state index contributed by atoms with van der Waals surface area (Å²) in [6.45, 7) is 3.29. The van der Waals surface area contributed by atoms with Gasteiger partial charge in [-0.2, -0.15) is 0 Å². The maximum atomic E-state index is 12.8. The molecule has 3 nitrogen and oxygen atoms in total. The Bertz CT molecular complexity index is 495. The summed E-state index contributed by atoms with van der Waals surface area (Å²) >= 11 is 1.43. The van der Waals surface area contributed by atoms with E-state index in [0.29, 0.717) is 5.19 Å². The average Bonchev–Trinajstić information content (AvgIpc) is 3.10. The Labute approximate surface area is 134 Å². The smallest absolute Gasteiger partial charge is 0.278 e.